The van der Waals surface area contributed by atoms with E-state index in [1.54, 1.807) is 31.3 Å². The van der Waals surface area contributed by atoms with E-state index in [-0.39, 0.29) is 18.4 Å². The number of fused-ring (bicyclic) bond motifs is 1. The number of nitrogens with one attached hydrogen (secondary N) is 1. The Morgan fingerprint density at radius 2 is 1.59 bits per heavy atom. The van der Waals surface area contributed by atoms with E-state index in [4.69, 9.17) is 4.74 Å². The van der Waals surface area contributed by atoms with Crippen molar-refractivity contribution >= 4 is 44.2 Å². The number of benzene rings is 4. The Morgan fingerprint density at radius 3 is 2.41 bits per heavy atom. The Balaban J connectivity index is 1.40. The predicted octanol–water partition coefficient (Wildman–Crippen LogP) is 5.62. The maximum atomic E-state index is 12.9. The highest BCUT2D eigenvalue weighted by Gasteiger charge is 2.19. The Kier molecular flexibility index (Phi) is 7.60. The van der Waals surface area contributed by atoms with Crippen LogP contribution in [-0.2, 0) is 11.2 Å². The van der Waals surface area contributed by atoms with Crippen molar-refractivity contribution in [2.75, 3.05) is 25.1 Å². The minimum absolute atomic E-state index is 0.155. The molecule has 5 nitrogen and oxygen atoms in total. The fraction of sp³-hybridized carbons (Fsp3) is 0.143. The second-order valence-corrected chi connectivity index (χ2v) is 8.64. The first kappa shape index (κ1) is 23.5. The number of halogens is 1. The van der Waals surface area contributed by atoms with Crippen LogP contribution < -0.4 is 15.0 Å². The van der Waals surface area contributed by atoms with E-state index >= 15 is 0 Å². The molecule has 0 aliphatic rings. The molecule has 0 bridgehead atoms. The molecule has 6 heteroatoms. The van der Waals surface area contributed by atoms with Gasteiger partial charge in [0.05, 0.1) is 15.7 Å². The van der Waals surface area contributed by atoms with Crippen LogP contribution in [0, 0.1) is 0 Å². The van der Waals surface area contributed by atoms with Gasteiger partial charge in [-0.05, 0) is 56.9 Å². The molecule has 0 unspecified atom stereocenters. The quantitative estimate of drug-likeness (QED) is 0.330. The number of hydrogen-bond donors (Lipinski definition) is 1. The molecule has 4 aromatic rings. The second kappa shape index (κ2) is 11.0. The molecule has 0 aromatic heterocycles. The molecule has 0 radical (unpaired) electrons. The highest BCUT2D eigenvalue weighted by molar-refractivity contribution is 9.10. The van der Waals surface area contributed by atoms with E-state index in [1.807, 2.05) is 66.7 Å². The number of likely N-dealkylation sites (N-methyl/N-ethyl adjacent to an activating group) is 1. The van der Waals surface area contributed by atoms with Crippen LogP contribution in [0.15, 0.2) is 95.5 Å². The van der Waals surface area contributed by atoms with Crippen molar-refractivity contribution in [2.24, 2.45) is 0 Å². The van der Waals surface area contributed by atoms with Crippen LogP contribution in [0.4, 0.5) is 5.69 Å². The number of hydrogen-bond acceptors (Lipinski definition) is 3. The Hall–Kier alpha value is -3.64. The summed E-state index contributed by atoms with van der Waals surface area (Å²) in [5.41, 5.74) is 2.13. The van der Waals surface area contributed by atoms with Gasteiger partial charge < -0.3 is 15.0 Å². The third-order valence-corrected chi connectivity index (χ3v) is 6.42. The first-order valence-electron chi connectivity index (χ1n) is 11.0. The van der Waals surface area contributed by atoms with E-state index in [1.165, 1.54) is 4.90 Å². The largest absolute Gasteiger partial charge is 0.483 e. The summed E-state index contributed by atoms with van der Waals surface area (Å²) >= 11 is 3.58. The second-order valence-electron chi connectivity index (χ2n) is 7.85. The van der Waals surface area contributed by atoms with Crippen molar-refractivity contribution in [2.45, 2.75) is 6.42 Å². The summed E-state index contributed by atoms with van der Waals surface area (Å²) in [4.78, 5) is 27.2. The minimum atomic E-state index is -0.260. The first-order valence-corrected chi connectivity index (χ1v) is 11.8. The van der Waals surface area contributed by atoms with Crippen molar-refractivity contribution in [3.8, 4) is 5.75 Å². The molecule has 0 fully saturated rings. The molecule has 0 saturated carbocycles. The summed E-state index contributed by atoms with van der Waals surface area (Å²) in [5, 5.41) is 5.04. The molecule has 0 heterocycles. The maximum Gasteiger partial charge on any atom is 0.264 e. The van der Waals surface area contributed by atoms with Crippen molar-refractivity contribution in [1.82, 2.24) is 5.32 Å². The van der Waals surface area contributed by atoms with Crippen molar-refractivity contribution < 1.29 is 14.3 Å². The summed E-state index contributed by atoms with van der Waals surface area (Å²) in [6.45, 7) is 0.353. The number of amides is 2. The number of rotatable bonds is 8. The molecule has 2 amide bonds. The Labute approximate surface area is 207 Å². The van der Waals surface area contributed by atoms with E-state index < -0.39 is 0 Å². The van der Waals surface area contributed by atoms with E-state index in [9.17, 15) is 9.59 Å². The Bertz CT molecular complexity index is 1310. The zero-order valence-corrected chi connectivity index (χ0v) is 20.4. The van der Waals surface area contributed by atoms with Crippen LogP contribution in [0.25, 0.3) is 10.8 Å². The molecule has 0 saturated heterocycles. The molecule has 0 spiro atoms. The first-order chi connectivity index (χ1) is 16.5. The van der Waals surface area contributed by atoms with E-state index in [0.29, 0.717) is 23.5 Å². The highest BCUT2D eigenvalue weighted by Crippen LogP contribution is 2.33. The lowest BCUT2D eigenvalue weighted by atomic mass is 10.1. The summed E-state index contributed by atoms with van der Waals surface area (Å²) in [6, 6.07) is 28.8. The Morgan fingerprint density at radius 1 is 0.882 bits per heavy atom. The number of ether oxygens (including phenoxy) is 1. The molecule has 0 aliphatic carbocycles. The number of carbonyl (C=O) groups excluding carboxylic acids is 2. The summed E-state index contributed by atoms with van der Waals surface area (Å²) < 4.78 is 6.63. The highest BCUT2D eigenvalue weighted by atomic mass is 79.9. The van der Waals surface area contributed by atoms with Gasteiger partial charge in [0.1, 0.15) is 5.75 Å². The van der Waals surface area contributed by atoms with Crippen LogP contribution in [0.2, 0.25) is 0 Å². The van der Waals surface area contributed by atoms with E-state index in [0.717, 1.165) is 27.2 Å². The van der Waals surface area contributed by atoms with Gasteiger partial charge >= 0.3 is 0 Å². The van der Waals surface area contributed by atoms with Gasteiger partial charge in [0.15, 0.2) is 6.61 Å². The average molecular weight is 517 g/mol. The third kappa shape index (κ3) is 5.46. The standard InChI is InChI=1S/C28H25BrN2O3/c1-31(26(32)19-34-25-16-15-21-11-5-6-12-22(21)27(25)29)24-14-8-7-13-23(24)28(33)30-18-17-20-9-3-2-4-10-20/h2-16H,17-19H2,1H3,(H,30,33). The van der Waals surface area contributed by atoms with Crippen LogP contribution in [0.5, 0.6) is 5.75 Å². The molecule has 4 rings (SSSR count). The van der Waals surface area contributed by atoms with Crippen LogP contribution >= 0.6 is 15.9 Å². The number of carbonyl (C=O) groups is 2. The van der Waals surface area contributed by atoms with Gasteiger partial charge in [0, 0.05) is 13.6 Å². The smallest absolute Gasteiger partial charge is 0.264 e. The lowest BCUT2D eigenvalue weighted by molar-refractivity contribution is -0.120. The van der Waals surface area contributed by atoms with Crippen LogP contribution in [0.3, 0.4) is 0 Å². The van der Waals surface area contributed by atoms with E-state index in [2.05, 4.69) is 21.2 Å². The van der Waals surface area contributed by atoms with Gasteiger partial charge in [-0.15, -0.1) is 0 Å². The topological polar surface area (TPSA) is 58.6 Å². The number of nitrogens with zero attached hydrogens (tertiary/aromatic N) is 1. The third-order valence-electron chi connectivity index (χ3n) is 5.61. The summed E-state index contributed by atoms with van der Waals surface area (Å²) in [6.07, 6.45) is 0.734. The zero-order valence-electron chi connectivity index (χ0n) is 18.8. The molecule has 4 aromatic carbocycles. The summed E-state index contributed by atoms with van der Waals surface area (Å²) in [5.74, 6) is 0.112. The summed E-state index contributed by atoms with van der Waals surface area (Å²) in [7, 11) is 1.65. The number of para-hydroxylation sites is 1. The van der Waals surface area contributed by atoms with Gasteiger partial charge in [0.25, 0.3) is 11.8 Å². The van der Waals surface area contributed by atoms with Gasteiger partial charge in [-0.1, -0.05) is 72.8 Å². The van der Waals surface area contributed by atoms with Crippen molar-refractivity contribution in [3.63, 3.8) is 0 Å². The maximum absolute atomic E-state index is 12.9. The van der Waals surface area contributed by atoms with Gasteiger partial charge in [0.2, 0.25) is 0 Å². The fourth-order valence-corrected chi connectivity index (χ4v) is 4.32. The SMILES string of the molecule is CN(C(=O)COc1ccc2ccccc2c1Br)c1ccccc1C(=O)NCCc1ccccc1. The molecular formula is C28H25BrN2O3. The normalized spacial score (nSPS) is 10.6. The van der Waals surface area contributed by atoms with Crippen LogP contribution in [-0.4, -0.2) is 32.0 Å². The minimum Gasteiger partial charge on any atom is -0.483 e. The lowest BCUT2D eigenvalue weighted by Gasteiger charge is -2.21. The average Bonchev–Trinajstić information content (AvgIpc) is 2.88. The van der Waals surface area contributed by atoms with Crippen LogP contribution in [0.1, 0.15) is 15.9 Å². The predicted molar refractivity (Wildman–Crippen MR) is 139 cm³/mol. The number of anilines is 1. The molecule has 0 aliphatic heterocycles. The monoisotopic (exact) mass is 516 g/mol. The zero-order chi connectivity index (χ0) is 23.9. The lowest BCUT2D eigenvalue weighted by Crippen LogP contribution is -2.34. The van der Waals surface area contributed by atoms with Gasteiger partial charge in [-0.3, -0.25) is 9.59 Å². The fourth-order valence-electron chi connectivity index (χ4n) is 3.71. The van der Waals surface area contributed by atoms with Gasteiger partial charge in [-0.25, -0.2) is 0 Å². The molecule has 172 valence electrons. The van der Waals surface area contributed by atoms with Crippen molar-refractivity contribution in [3.05, 3.63) is 107 Å². The molecule has 34 heavy (non-hydrogen) atoms. The molecule has 1 N–H and O–H groups in total. The van der Waals surface area contributed by atoms with Crippen molar-refractivity contribution in [1.29, 1.82) is 0 Å². The molecular weight excluding hydrogens is 492 g/mol. The van der Waals surface area contributed by atoms with Gasteiger partial charge in [-0.2, -0.15) is 0 Å². The molecule has 0 atom stereocenters.